The molecule has 0 amide bonds. The molecule has 4 heteroatoms. The van der Waals surface area contributed by atoms with E-state index < -0.39 is 0 Å². The van der Waals surface area contributed by atoms with Crippen LogP contribution < -0.4 is 5.32 Å². The fraction of sp³-hybridized carbons (Fsp3) is 0.538. The van der Waals surface area contributed by atoms with E-state index in [-0.39, 0.29) is 12.4 Å². The summed E-state index contributed by atoms with van der Waals surface area (Å²) in [6, 6.07) is 5.07. The third-order valence-electron chi connectivity index (χ3n) is 3.19. The second kappa shape index (κ2) is 5.94. The molecule has 2 N–H and O–H groups in total. The molecule has 0 saturated heterocycles. The van der Waals surface area contributed by atoms with Crippen LogP contribution in [0.25, 0.3) is 0 Å². The average Bonchev–Trinajstić information content (AvgIpc) is 3.12. The number of halogens is 2. The number of rotatable bonds is 6. The van der Waals surface area contributed by atoms with E-state index in [1.807, 2.05) is 0 Å². The first kappa shape index (κ1) is 13.0. The summed E-state index contributed by atoms with van der Waals surface area (Å²) in [5, 5.41) is 12.4. The summed E-state index contributed by atoms with van der Waals surface area (Å²) in [4.78, 5) is 0. The van der Waals surface area contributed by atoms with Crippen LogP contribution in [0.15, 0.2) is 22.7 Å². The van der Waals surface area contributed by atoms with E-state index in [1.54, 1.807) is 12.1 Å². The molecule has 2 rings (SSSR count). The lowest BCUT2D eigenvalue weighted by atomic mass is 10.1. The van der Waals surface area contributed by atoms with Gasteiger partial charge in [-0.15, -0.1) is 0 Å². The van der Waals surface area contributed by atoms with Gasteiger partial charge in [-0.2, -0.15) is 0 Å². The van der Waals surface area contributed by atoms with E-state index in [1.165, 1.54) is 18.9 Å². The van der Waals surface area contributed by atoms with Crippen LogP contribution in [0.2, 0.25) is 0 Å². The molecular weight excluding hydrogens is 285 g/mol. The molecule has 1 atom stereocenters. The van der Waals surface area contributed by atoms with E-state index >= 15 is 0 Å². The first-order chi connectivity index (χ1) is 8.20. The highest BCUT2D eigenvalue weighted by atomic mass is 79.9. The fourth-order valence-electron chi connectivity index (χ4n) is 2.06. The van der Waals surface area contributed by atoms with Crippen molar-refractivity contribution in [1.82, 2.24) is 5.32 Å². The normalized spacial score (nSPS) is 17.1. The van der Waals surface area contributed by atoms with Gasteiger partial charge in [0.2, 0.25) is 0 Å². The summed E-state index contributed by atoms with van der Waals surface area (Å²) in [7, 11) is 0. The van der Waals surface area contributed by atoms with Crippen molar-refractivity contribution in [2.24, 2.45) is 5.92 Å². The lowest BCUT2D eigenvalue weighted by molar-refractivity contribution is 0.255. The molecule has 1 saturated carbocycles. The molecular formula is C13H17BrFNO. The monoisotopic (exact) mass is 301 g/mol. The van der Waals surface area contributed by atoms with Gasteiger partial charge in [0.05, 0.1) is 0 Å². The Morgan fingerprint density at radius 3 is 2.88 bits per heavy atom. The van der Waals surface area contributed by atoms with Gasteiger partial charge in [0.1, 0.15) is 5.82 Å². The molecule has 0 heterocycles. The van der Waals surface area contributed by atoms with Gasteiger partial charge in [-0.05, 0) is 48.9 Å². The zero-order chi connectivity index (χ0) is 12.3. The van der Waals surface area contributed by atoms with Crippen LogP contribution in [0, 0.1) is 11.7 Å². The van der Waals surface area contributed by atoms with E-state index in [0.717, 1.165) is 16.5 Å². The van der Waals surface area contributed by atoms with E-state index in [2.05, 4.69) is 21.2 Å². The quantitative estimate of drug-likeness (QED) is 0.847. The van der Waals surface area contributed by atoms with Gasteiger partial charge in [-0.3, -0.25) is 0 Å². The SMILES string of the molecule is OCCC(NCc1cc(F)ccc1Br)C1CC1. The summed E-state index contributed by atoms with van der Waals surface area (Å²) >= 11 is 3.42. The number of aliphatic hydroxyl groups excluding tert-OH is 1. The molecule has 1 aromatic rings. The maximum Gasteiger partial charge on any atom is 0.123 e. The van der Waals surface area contributed by atoms with Gasteiger partial charge < -0.3 is 10.4 Å². The smallest absolute Gasteiger partial charge is 0.123 e. The lowest BCUT2D eigenvalue weighted by Crippen LogP contribution is -2.31. The zero-order valence-electron chi connectivity index (χ0n) is 9.63. The van der Waals surface area contributed by atoms with E-state index in [4.69, 9.17) is 5.11 Å². The van der Waals surface area contributed by atoms with Crippen LogP contribution in [-0.4, -0.2) is 17.8 Å². The molecule has 0 radical (unpaired) electrons. The topological polar surface area (TPSA) is 32.3 Å². The molecule has 1 aliphatic carbocycles. The van der Waals surface area contributed by atoms with Crippen LogP contribution in [0.3, 0.4) is 0 Å². The Labute approximate surface area is 109 Å². The number of nitrogens with one attached hydrogen (secondary N) is 1. The standard InChI is InChI=1S/C13H17BrFNO/c14-12-4-3-11(15)7-10(12)8-16-13(5-6-17)9-1-2-9/h3-4,7,9,13,16-17H,1-2,5-6,8H2. The number of hydrogen-bond acceptors (Lipinski definition) is 2. The minimum atomic E-state index is -0.213. The summed E-state index contributed by atoms with van der Waals surface area (Å²) in [5.74, 6) is 0.476. The minimum Gasteiger partial charge on any atom is -0.396 e. The zero-order valence-corrected chi connectivity index (χ0v) is 11.2. The number of hydrogen-bond donors (Lipinski definition) is 2. The molecule has 1 aromatic carbocycles. The Hall–Kier alpha value is -0.450. The van der Waals surface area contributed by atoms with Gasteiger partial charge >= 0.3 is 0 Å². The highest BCUT2D eigenvalue weighted by Gasteiger charge is 2.30. The predicted molar refractivity (Wildman–Crippen MR) is 69.2 cm³/mol. The Morgan fingerprint density at radius 2 is 2.24 bits per heavy atom. The van der Waals surface area contributed by atoms with Crippen molar-refractivity contribution in [3.8, 4) is 0 Å². The van der Waals surface area contributed by atoms with Crippen molar-refractivity contribution in [1.29, 1.82) is 0 Å². The molecule has 1 unspecified atom stereocenters. The van der Waals surface area contributed by atoms with Crippen molar-refractivity contribution in [3.63, 3.8) is 0 Å². The Kier molecular flexibility index (Phi) is 4.54. The molecule has 0 aliphatic heterocycles. The van der Waals surface area contributed by atoms with E-state index in [0.29, 0.717) is 18.5 Å². The van der Waals surface area contributed by atoms with Crippen molar-refractivity contribution >= 4 is 15.9 Å². The summed E-state index contributed by atoms with van der Waals surface area (Å²) in [5.41, 5.74) is 0.925. The largest absolute Gasteiger partial charge is 0.396 e. The van der Waals surface area contributed by atoms with Crippen LogP contribution in [-0.2, 0) is 6.54 Å². The summed E-state index contributed by atoms with van der Waals surface area (Å²) in [6.07, 6.45) is 3.25. The van der Waals surface area contributed by atoms with E-state index in [9.17, 15) is 4.39 Å². The van der Waals surface area contributed by atoms with Crippen LogP contribution in [0.5, 0.6) is 0 Å². The van der Waals surface area contributed by atoms with Gasteiger partial charge in [-0.25, -0.2) is 4.39 Å². The molecule has 0 aromatic heterocycles. The summed E-state index contributed by atoms with van der Waals surface area (Å²) in [6.45, 7) is 0.845. The number of aliphatic hydroxyl groups is 1. The Morgan fingerprint density at radius 1 is 1.47 bits per heavy atom. The number of benzene rings is 1. The third-order valence-corrected chi connectivity index (χ3v) is 3.97. The highest BCUT2D eigenvalue weighted by molar-refractivity contribution is 9.10. The first-order valence-corrected chi connectivity index (χ1v) is 6.78. The van der Waals surface area contributed by atoms with Gasteiger partial charge in [0.15, 0.2) is 0 Å². The first-order valence-electron chi connectivity index (χ1n) is 5.99. The molecule has 94 valence electrons. The highest BCUT2D eigenvalue weighted by Crippen LogP contribution is 2.34. The molecule has 0 spiro atoms. The second-order valence-electron chi connectivity index (χ2n) is 4.57. The molecule has 17 heavy (non-hydrogen) atoms. The van der Waals surface area contributed by atoms with Crippen LogP contribution in [0.1, 0.15) is 24.8 Å². The Balaban J connectivity index is 1.93. The van der Waals surface area contributed by atoms with Gasteiger partial charge in [-0.1, -0.05) is 15.9 Å². The predicted octanol–water partition coefficient (Wildman–Crippen LogP) is 2.84. The molecule has 2 nitrogen and oxygen atoms in total. The van der Waals surface area contributed by atoms with Crippen LogP contribution >= 0.6 is 15.9 Å². The van der Waals surface area contributed by atoms with Gasteiger partial charge in [0, 0.05) is 23.7 Å². The van der Waals surface area contributed by atoms with Crippen molar-refractivity contribution in [3.05, 3.63) is 34.1 Å². The minimum absolute atomic E-state index is 0.207. The third kappa shape index (κ3) is 3.76. The summed E-state index contributed by atoms with van der Waals surface area (Å²) < 4.78 is 14.0. The maximum absolute atomic E-state index is 13.1. The Bertz CT molecular complexity index is 382. The molecule has 1 fully saturated rings. The van der Waals surface area contributed by atoms with Gasteiger partial charge in [0.25, 0.3) is 0 Å². The van der Waals surface area contributed by atoms with Crippen molar-refractivity contribution in [2.45, 2.75) is 31.8 Å². The van der Waals surface area contributed by atoms with Crippen LogP contribution in [0.4, 0.5) is 4.39 Å². The molecule has 0 bridgehead atoms. The maximum atomic E-state index is 13.1. The second-order valence-corrected chi connectivity index (χ2v) is 5.43. The fourth-order valence-corrected chi connectivity index (χ4v) is 2.45. The lowest BCUT2D eigenvalue weighted by Gasteiger charge is -2.17. The van der Waals surface area contributed by atoms with Crippen molar-refractivity contribution < 1.29 is 9.50 Å². The van der Waals surface area contributed by atoms with Crippen molar-refractivity contribution in [2.75, 3.05) is 6.61 Å². The average molecular weight is 302 g/mol. The molecule has 1 aliphatic rings.